The molecule has 1 aromatic heterocycles. The van der Waals surface area contributed by atoms with E-state index in [4.69, 9.17) is 5.73 Å². The smallest absolute Gasteiger partial charge is 0.261 e. The Bertz CT molecular complexity index is 339. The molecule has 1 saturated carbocycles. The predicted octanol–water partition coefficient (Wildman–Crippen LogP) is 2.75. The molecular formula is C8H8BrF2NS. The van der Waals surface area contributed by atoms with Crippen molar-refractivity contribution in [3.63, 3.8) is 0 Å². The van der Waals surface area contributed by atoms with Gasteiger partial charge in [0, 0.05) is 22.3 Å². The van der Waals surface area contributed by atoms with E-state index in [1.807, 2.05) is 0 Å². The molecule has 1 heterocycles. The van der Waals surface area contributed by atoms with Crippen molar-refractivity contribution in [1.82, 2.24) is 0 Å². The van der Waals surface area contributed by atoms with Crippen molar-refractivity contribution in [3.8, 4) is 0 Å². The van der Waals surface area contributed by atoms with E-state index in [0.717, 1.165) is 4.47 Å². The van der Waals surface area contributed by atoms with Gasteiger partial charge in [-0.25, -0.2) is 8.78 Å². The minimum Gasteiger partial charge on any atom is -0.329 e. The molecule has 1 fully saturated rings. The van der Waals surface area contributed by atoms with E-state index in [-0.39, 0.29) is 13.0 Å². The summed E-state index contributed by atoms with van der Waals surface area (Å²) in [4.78, 5) is 0.681. The van der Waals surface area contributed by atoms with E-state index in [9.17, 15) is 8.78 Å². The second-order valence-corrected chi connectivity index (χ2v) is 5.04. The lowest BCUT2D eigenvalue weighted by atomic mass is 10.1. The summed E-state index contributed by atoms with van der Waals surface area (Å²) in [5.41, 5.74) is 4.33. The third-order valence-electron chi connectivity index (χ3n) is 2.50. The van der Waals surface area contributed by atoms with Gasteiger partial charge in [-0.05, 0) is 27.4 Å². The van der Waals surface area contributed by atoms with Gasteiger partial charge in [0.1, 0.15) is 0 Å². The average Bonchev–Trinajstić information content (AvgIpc) is 2.43. The summed E-state index contributed by atoms with van der Waals surface area (Å²) in [5.74, 6) is -2.62. The van der Waals surface area contributed by atoms with Crippen LogP contribution >= 0.6 is 27.3 Å². The number of alkyl halides is 2. The van der Waals surface area contributed by atoms with Gasteiger partial charge in [0.25, 0.3) is 5.92 Å². The lowest BCUT2D eigenvalue weighted by molar-refractivity contribution is 0.0903. The molecule has 2 rings (SSSR count). The van der Waals surface area contributed by atoms with Gasteiger partial charge in [0.05, 0.1) is 5.41 Å². The van der Waals surface area contributed by atoms with Gasteiger partial charge in [-0.15, -0.1) is 11.3 Å². The molecule has 1 atom stereocenters. The molecule has 0 aromatic carbocycles. The molecule has 1 aromatic rings. The summed E-state index contributed by atoms with van der Waals surface area (Å²) >= 11 is 4.60. The Labute approximate surface area is 87.1 Å². The largest absolute Gasteiger partial charge is 0.329 e. The molecule has 1 unspecified atom stereocenters. The Kier molecular flexibility index (Phi) is 2.02. The Morgan fingerprint density at radius 3 is 2.54 bits per heavy atom. The molecule has 0 radical (unpaired) electrons. The first-order valence-electron chi connectivity index (χ1n) is 3.85. The topological polar surface area (TPSA) is 26.0 Å². The fourth-order valence-electron chi connectivity index (χ4n) is 1.53. The van der Waals surface area contributed by atoms with Gasteiger partial charge in [0.15, 0.2) is 0 Å². The van der Waals surface area contributed by atoms with Crippen LogP contribution in [0.25, 0.3) is 0 Å². The molecule has 2 N–H and O–H groups in total. The number of nitrogens with two attached hydrogens (primary N) is 1. The molecule has 13 heavy (non-hydrogen) atoms. The van der Waals surface area contributed by atoms with Crippen molar-refractivity contribution in [2.45, 2.75) is 17.8 Å². The van der Waals surface area contributed by atoms with E-state index in [1.54, 1.807) is 11.4 Å². The van der Waals surface area contributed by atoms with Crippen LogP contribution in [0, 0.1) is 0 Å². The molecular weight excluding hydrogens is 260 g/mol. The summed E-state index contributed by atoms with van der Waals surface area (Å²) in [6.07, 6.45) is -0.115. The van der Waals surface area contributed by atoms with Gasteiger partial charge in [0.2, 0.25) is 0 Å². The summed E-state index contributed by atoms with van der Waals surface area (Å²) in [6, 6.07) is 1.78. The minimum absolute atomic E-state index is 0.0130. The van der Waals surface area contributed by atoms with Crippen molar-refractivity contribution >= 4 is 27.3 Å². The van der Waals surface area contributed by atoms with Gasteiger partial charge < -0.3 is 5.73 Å². The second-order valence-electron chi connectivity index (χ2n) is 3.27. The fourth-order valence-corrected chi connectivity index (χ4v) is 3.55. The maximum Gasteiger partial charge on any atom is 0.261 e. The van der Waals surface area contributed by atoms with Crippen LogP contribution in [-0.2, 0) is 5.41 Å². The molecule has 5 heteroatoms. The monoisotopic (exact) mass is 267 g/mol. The van der Waals surface area contributed by atoms with Crippen molar-refractivity contribution in [2.75, 3.05) is 6.54 Å². The van der Waals surface area contributed by atoms with Crippen LogP contribution in [0.5, 0.6) is 0 Å². The first kappa shape index (κ1) is 9.55. The third kappa shape index (κ3) is 1.17. The van der Waals surface area contributed by atoms with Gasteiger partial charge in [-0.2, -0.15) is 0 Å². The lowest BCUT2D eigenvalue weighted by Crippen LogP contribution is -2.26. The molecule has 72 valence electrons. The molecule has 1 nitrogen and oxygen atoms in total. The van der Waals surface area contributed by atoms with Crippen molar-refractivity contribution in [2.24, 2.45) is 5.73 Å². The molecule has 1 aliphatic carbocycles. The predicted molar refractivity (Wildman–Crippen MR) is 52.3 cm³/mol. The minimum atomic E-state index is -2.62. The molecule has 0 spiro atoms. The maximum absolute atomic E-state index is 13.1. The number of thiophene rings is 1. The summed E-state index contributed by atoms with van der Waals surface area (Å²) in [5, 5.41) is 1.80. The Balaban J connectivity index is 2.41. The highest BCUT2D eigenvalue weighted by atomic mass is 79.9. The van der Waals surface area contributed by atoms with Crippen molar-refractivity contribution < 1.29 is 8.78 Å². The summed E-state index contributed by atoms with van der Waals surface area (Å²) < 4.78 is 27.0. The van der Waals surface area contributed by atoms with Gasteiger partial charge in [-0.1, -0.05) is 0 Å². The molecule has 0 bridgehead atoms. The zero-order valence-electron chi connectivity index (χ0n) is 6.69. The zero-order valence-corrected chi connectivity index (χ0v) is 9.09. The Morgan fingerprint density at radius 1 is 1.62 bits per heavy atom. The van der Waals surface area contributed by atoms with Crippen molar-refractivity contribution in [1.29, 1.82) is 0 Å². The van der Waals surface area contributed by atoms with E-state index in [1.165, 1.54) is 11.3 Å². The number of rotatable bonds is 2. The van der Waals surface area contributed by atoms with E-state index >= 15 is 0 Å². The standard InChI is InChI=1S/C8H8BrF2NS/c9-5-1-2-13-6(5)7(4-12)3-8(7,10)11/h1-2H,3-4,12H2. The van der Waals surface area contributed by atoms with Crippen LogP contribution < -0.4 is 5.73 Å². The van der Waals surface area contributed by atoms with Crippen molar-refractivity contribution in [3.05, 3.63) is 20.8 Å². The quantitative estimate of drug-likeness (QED) is 0.876. The SMILES string of the molecule is NCC1(c2sccc2Br)CC1(F)F. The normalized spacial score (nSPS) is 30.5. The molecule has 0 aliphatic heterocycles. The highest BCUT2D eigenvalue weighted by molar-refractivity contribution is 9.10. The van der Waals surface area contributed by atoms with Crippen LogP contribution in [0.3, 0.4) is 0 Å². The Hall–Kier alpha value is -0.0000000000000000555. The highest BCUT2D eigenvalue weighted by Gasteiger charge is 2.72. The van der Waals surface area contributed by atoms with Crippen LogP contribution in [0.4, 0.5) is 8.78 Å². The van der Waals surface area contributed by atoms with Gasteiger partial charge in [-0.3, -0.25) is 0 Å². The van der Waals surface area contributed by atoms with Crippen LogP contribution in [-0.4, -0.2) is 12.5 Å². The second kappa shape index (κ2) is 2.74. The summed E-state index contributed by atoms with van der Waals surface area (Å²) in [7, 11) is 0. The van der Waals surface area contributed by atoms with E-state index in [2.05, 4.69) is 15.9 Å². The number of hydrogen-bond acceptors (Lipinski definition) is 2. The number of hydrogen-bond donors (Lipinski definition) is 1. The fraction of sp³-hybridized carbons (Fsp3) is 0.500. The van der Waals surface area contributed by atoms with E-state index < -0.39 is 11.3 Å². The first-order chi connectivity index (χ1) is 6.03. The molecule has 0 saturated heterocycles. The maximum atomic E-state index is 13.1. The molecule has 0 amide bonds. The lowest BCUT2D eigenvalue weighted by Gasteiger charge is -2.12. The van der Waals surface area contributed by atoms with Crippen LogP contribution in [0.1, 0.15) is 11.3 Å². The zero-order chi connectivity index (χ0) is 9.69. The molecule has 1 aliphatic rings. The van der Waals surface area contributed by atoms with Gasteiger partial charge >= 0.3 is 0 Å². The third-order valence-corrected chi connectivity index (χ3v) is 4.54. The average molecular weight is 268 g/mol. The Morgan fingerprint density at radius 2 is 2.23 bits per heavy atom. The van der Waals surface area contributed by atoms with E-state index in [0.29, 0.717) is 4.88 Å². The van der Waals surface area contributed by atoms with Crippen LogP contribution in [0.15, 0.2) is 15.9 Å². The first-order valence-corrected chi connectivity index (χ1v) is 5.52. The van der Waals surface area contributed by atoms with Crippen LogP contribution in [0.2, 0.25) is 0 Å². The number of halogens is 3. The highest BCUT2D eigenvalue weighted by Crippen LogP contribution is 2.63. The summed E-state index contributed by atoms with van der Waals surface area (Å²) in [6.45, 7) is 0.0130.